The summed E-state index contributed by atoms with van der Waals surface area (Å²) in [6.45, 7) is 4.12. The van der Waals surface area contributed by atoms with Crippen LogP contribution in [0.15, 0.2) is 46.9 Å². The Balaban J connectivity index is 1.68. The number of hydrogen-bond donors (Lipinski definition) is 0. The Bertz CT molecular complexity index is 768. The molecule has 5 nitrogen and oxygen atoms in total. The van der Waals surface area contributed by atoms with E-state index in [4.69, 9.17) is 17.0 Å². The van der Waals surface area contributed by atoms with E-state index >= 15 is 0 Å². The molecule has 2 heterocycles. The number of rotatable bonds is 4. The summed E-state index contributed by atoms with van der Waals surface area (Å²) in [5, 5.41) is 0. The third-order valence-corrected chi connectivity index (χ3v) is 5.46. The Morgan fingerprint density at radius 3 is 2.65 bits per heavy atom. The number of ether oxygens (including phenoxy) is 1. The number of carbonyl (C=O) groups is 2. The monoisotopic (exact) mass is 388 g/mol. The molecule has 0 aliphatic carbocycles. The molecule has 0 saturated carbocycles. The number of carbonyl (C=O) groups excluding carboxylic acids is 2. The Morgan fingerprint density at radius 2 is 1.96 bits per heavy atom. The summed E-state index contributed by atoms with van der Waals surface area (Å²) in [6.07, 6.45) is 3.83. The minimum atomic E-state index is -0.206. The van der Waals surface area contributed by atoms with Gasteiger partial charge in [-0.05, 0) is 24.1 Å². The highest BCUT2D eigenvalue weighted by Crippen LogP contribution is 2.32. The van der Waals surface area contributed by atoms with Crippen molar-refractivity contribution >= 4 is 46.2 Å². The molecule has 0 N–H and O–H groups in total. The van der Waals surface area contributed by atoms with Crippen LogP contribution < -0.4 is 0 Å². The molecular formula is C19H20N2O3S2. The third-order valence-electron chi connectivity index (χ3n) is 4.08. The summed E-state index contributed by atoms with van der Waals surface area (Å²) >= 11 is 6.55. The zero-order valence-corrected chi connectivity index (χ0v) is 16.1. The highest BCUT2D eigenvalue weighted by Gasteiger charge is 2.34. The first-order chi connectivity index (χ1) is 12.5. The zero-order valence-electron chi connectivity index (χ0n) is 14.5. The molecule has 1 aromatic rings. The van der Waals surface area contributed by atoms with Gasteiger partial charge < -0.3 is 9.64 Å². The van der Waals surface area contributed by atoms with Gasteiger partial charge in [0.1, 0.15) is 10.9 Å². The highest BCUT2D eigenvalue weighted by molar-refractivity contribution is 8.26. The summed E-state index contributed by atoms with van der Waals surface area (Å²) in [5.74, 6) is -0.301. The number of amides is 2. The fourth-order valence-corrected chi connectivity index (χ4v) is 4.05. The highest BCUT2D eigenvalue weighted by atomic mass is 32.2. The molecule has 7 heteroatoms. The van der Waals surface area contributed by atoms with Crippen LogP contribution in [-0.2, 0) is 14.3 Å². The quantitative estimate of drug-likeness (QED) is 0.586. The van der Waals surface area contributed by atoms with E-state index < -0.39 is 0 Å². The summed E-state index contributed by atoms with van der Waals surface area (Å²) in [6, 6.07) is 9.90. The first kappa shape index (κ1) is 18.8. The van der Waals surface area contributed by atoms with Gasteiger partial charge in [0.15, 0.2) is 0 Å². The number of nitrogens with zero attached hydrogens (tertiary/aromatic N) is 2. The van der Waals surface area contributed by atoms with Crippen LogP contribution in [-0.4, -0.2) is 58.8 Å². The van der Waals surface area contributed by atoms with Gasteiger partial charge in [0, 0.05) is 13.1 Å². The number of benzene rings is 1. The minimum Gasteiger partial charge on any atom is -0.378 e. The van der Waals surface area contributed by atoms with Gasteiger partial charge in [0.05, 0.1) is 18.1 Å². The number of allylic oxidation sites excluding steroid dienone is 2. The van der Waals surface area contributed by atoms with Crippen LogP contribution in [0.25, 0.3) is 6.08 Å². The van der Waals surface area contributed by atoms with Gasteiger partial charge in [-0.25, -0.2) is 0 Å². The average molecular weight is 389 g/mol. The summed E-state index contributed by atoms with van der Waals surface area (Å²) in [5.41, 5.74) is 2.02. The molecule has 2 amide bonds. The van der Waals surface area contributed by atoms with Crippen molar-refractivity contribution in [3.8, 4) is 0 Å². The smallest absolute Gasteiger partial charge is 0.266 e. The van der Waals surface area contributed by atoms with Gasteiger partial charge in [-0.2, -0.15) is 0 Å². The molecule has 0 atom stereocenters. The topological polar surface area (TPSA) is 49.9 Å². The summed E-state index contributed by atoms with van der Waals surface area (Å²) < 4.78 is 5.68. The number of morpholine rings is 1. The predicted molar refractivity (Wildman–Crippen MR) is 107 cm³/mol. The molecule has 26 heavy (non-hydrogen) atoms. The van der Waals surface area contributed by atoms with Crippen molar-refractivity contribution < 1.29 is 14.3 Å². The van der Waals surface area contributed by atoms with Crippen LogP contribution in [0.3, 0.4) is 0 Å². The van der Waals surface area contributed by atoms with Crippen LogP contribution in [0.5, 0.6) is 0 Å². The van der Waals surface area contributed by atoms with Gasteiger partial charge in [-0.1, -0.05) is 60.4 Å². The number of hydrogen-bond acceptors (Lipinski definition) is 5. The standard InChI is InChI=1S/C19H20N2O3S2/c1-14(11-15-5-3-2-4-6-15)12-16-18(23)21(19(25)26-16)13-17(22)20-7-9-24-10-8-20/h2-6,11-12H,7-10,13H2,1H3/b14-11+,16-12-. The Labute approximate surface area is 162 Å². The van der Waals surface area contributed by atoms with E-state index in [2.05, 4.69) is 0 Å². The molecule has 2 aliphatic rings. The number of thioether (sulfide) groups is 1. The molecule has 3 rings (SSSR count). The van der Waals surface area contributed by atoms with Crippen LogP contribution in [0.2, 0.25) is 0 Å². The van der Waals surface area contributed by atoms with Gasteiger partial charge in [-0.3, -0.25) is 14.5 Å². The van der Waals surface area contributed by atoms with E-state index in [0.29, 0.717) is 35.5 Å². The molecule has 0 bridgehead atoms. The molecular weight excluding hydrogens is 368 g/mol. The van der Waals surface area contributed by atoms with E-state index in [-0.39, 0.29) is 18.4 Å². The Kier molecular flexibility index (Phi) is 6.24. The lowest BCUT2D eigenvalue weighted by atomic mass is 10.1. The normalized spacial score (nSPS) is 20.2. The predicted octanol–water partition coefficient (Wildman–Crippen LogP) is 2.69. The van der Waals surface area contributed by atoms with Crippen LogP contribution in [0.1, 0.15) is 12.5 Å². The maximum absolute atomic E-state index is 12.6. The van der Waals surface area contributed by atoms with Gasteiger partial charge in [0.25, 0.3) is 5.91 Å². The van der Waals surface area contributed by atoms with Gasteiger partial charge in [-0.15, -0.1) is 0 Å². The van der Waals surface area contributed by atoms with Crippen LogP contribution in [0, 0.1) is 0 Å². The van der Waals surface area contributed by atoms with Crippen molar-refractivity contribution in [2.24, 2.45) is 0 Å². The van der Waals surface area contributed by atoms with Crippen LogP contribution >= 0.6 is 24.0 Å². The van der Waals surface area contributed by atoms with Crippen molar-refractivity contribution in [2.75, 3.05) is 32.8 Å². The molecule has 0 radical (unpaired) electrons. The maximum atomic E-state index is 12.6. The Hall–Kier alpha value is -1.96. The molecule has 1 aromatic carbocycles. The molecule has 0 spiro atoms. The van der Waals surface area contributed by atoms with Crippen molar-refractivity contribution in [3.05, 3.63) is 52.4 Å². The second-order valence-corrected chi connectivity index (χ2v) is 7.74. The van der Waals surface area contributed by atoms with Crippen LogP contribution in [0.4, 0.5) is 0 Å². The molecule has 2 aliphatic heterocycles. The lowest BCUT2D eigenvalue weighted by Gasteiger charge is -2.28. The molecule has 2 fully saturated rings. The molecule has 0 aromatic heterocycles. The fourth-order valence-electron chi connectivity index (χ4n) is 2.74. The first-order valence-corrected chi connectivity index (χ1v) is 9.61. The molecule has 2 saturated heterocycles. The molecule has 0 unspecified atom stereocenters. The van der Waals surface area contributed by atoms with E-state index in [1.165, 1.54) is 16.7 Å². The maximum Gasteiger partial charge on any atom is 0.266 e. The van der Waals surface area contributed by atoms with Gasteiger partial charge >= 0.3 is 0 Å². The summed E-state index contributed by atoms with van der Waals surface area (Å²) in [4.78, 5) is 28.7. The lowest BCUT2D eigenvalue weighted by Crippen LogP contribution is -2.46. The minimum absolute atomic E-state index is 0.0105. The SMILES string of the molecule is CC(/C=C1\SC(=S)N(CC(=O)N2CCOCC2)C1=O)=C\c1ccccc1. The average Bonchev–Trinajstić information content (AvgIpc) is 2.90. The second-order valence-electron chi connectivity index (χ2n) is 6.06. The van der Waals surface area contributed by atoms with Gasteiger partial charge in [0.2, 0.25) is 5.91 Å². The number of thiocarbonyl (C=S) groups is 1. The van der Waals surface area contributed by atoms with E-state index in [1.54, 1.807) is 4.90 Å². The third kappa shape index (κ3) is 4.60. The molecule has 136 valence electrons. The lowest BCUT2D eigenvalue weighted by molar-refractivity contribution is -0.138. The first-order valence-electron chi connectivity index (χ1n) is 8.39. The van der Waals surface area contributed by atoms with E-state index in [0.717, 1.165) is 11.1 Å². The second kappa shape index (κ2) is 8.62. The Morgan fingerprint density at radius 1 is 1.27 bits per heavy atom. The van der Waals surface area contributed by atoms with Crippen molar-refractivity contribution in [3.63, 3.8) is 0 Å². The fraction of sp³-hybridized carbons (Fsp3) is 0.316. The summed E-state index contributed by atoms with van der Waals surface area (Å²) in [7, 11) is 0. The van der Waals surface area contributed by atoms with Crippen molar-refractivity contribution in [2.45, 2.75) is 6.92 Å². The largest absolute Gasteiger partial charge is 0.378 e. The van der Waals surface area contributed by atoms with Crippen molar-refractivity contribution in [1.82, 2.24) is 9.80 Å². The van der Waals surface area contributed by atoms with Crippen molar-refractivity contribution in [1.29, 1.82) is 0 Å². The van der Waals surface area contributed by atoms with E-state index in [9.17, 15) is 9.59 Å². The zero-order chi connectivity index (χ0) is 18.5. The van der Waals surface area contributed by atoms with E-state index in [1.807, 2.05) is 49.4 Å².